The second-order valence-electron chi connectivity index (χ2n) is 4.71. The van der Waals surface area contributed by atoms with Gasteiger partial charge >= 0.3 is 0 Å². The first-order valence-corrected chi connectivity index (χ1v) is 8.79. The normalized spacial score (nSPS) is 11.4. The molecule has 27 heavy (non-hydrogen) atoms. The predicted molar refractivity (Wildman–Crippen MR) is 105 cm³/mol. The smallest absolute Gasteiger partial charge is 0.233 e. The minimum atomic E-state index is -0.0132. The third kappa shape index (κ3) is 5.91. The molecule has 144 valence electrons. The molecule has 2 rings (SSSR count). The second-order valence-corrected chi connectivity index (χ2v) is 5.43. The molecule has 0 spiro atoms. The molecule has 0 saturated heterocycles. The van der Waals surface area contributed by atoms with Crippen LogP contribution in [-0.4, -0.2) is 29.9 Å². The van der Waals surface area contributed by atoms with Crippen LogP contribution in [0.25, 0.3) is 22.8 Å². The molecule has 0 radical (unpaired) electrons. The molecule has 2 aromatic rings. The Kier molecular flexibility index (Phi) is 9.79. The van der Waals surface area contributed by atoms with Crippen molar-refractivity contribution in [1.29, 1.82) is 0 Å². The molecule has 2 aromatic heterocycles. The fraction of sp³-hybridized carbons (Fsp3) is 0.263. The Balaban J connectivity index is 0.00000176. The van der Waals surface area contributed by atoms with Gasteiger partial charge in [-0.2, -0.15) is 0 Å². The number of ether oxygens (including phenoxy) is 1. The number of oxazole rings is 1. The number of allylic oxidation sites excluding steroid dienone is 6. The minimum Gasteiger partial charge on any atom is -0.482 e. The van der Waals surface area contributed by atoms with Crippen LogP contribution >= 0.6 is 15.9 Å². The van der Waals surface area contributed by atoms with Crippen LogP contribution in [0.1, 0.15) is 32.4 Å². The van der Waals surface area contributed by atoms with E-state index in [0.29, 0.717) is 35.8 Å². The van der Waals surface area contributed by atoms with Gasteiger partial charge in [0.15, 0.2) is 23.1 Å². The van der Waals surface area contributed by atoms with Crippen molar-refractivity contribution >= 4 is 33.2 Å². The van der Waals surface area contributed by atoms with E-state index in [1.54, 1.807) is 18.9 Å². The van der Waals surface area contributed by atoms with Crippen molar-refractivity contribution in [3.8, 4) is 11.5 Å². The summed E-state index contributed by atoms with van der Waals surface area (Å²) in [5.41, 5.74) is 1.50. The number of alkyl halides is 1. The summed E-state index contributed by atoms with van der Waals surface area (Å²) in [6.07, 6.45) is 9.49. The maximum absolute atomic E-state index is 10.9. The molecule has 2 heterocycles. The molecule has 0 N–H and O–H groups in total. The van der Waals surface area contributed by atoms with Crippen molar-refractivity contribution in [1.82, 2.24) is 10.1 Å². The average molecular weight is 439 g/mol. The first-order valence-electron chi connectivity index (χ1n) is 8.00. The Morgan fingerprint density at radius 2 is 2.11 bits per heavy atom. The quantitative estimate of drug-likeness (QED) is 0.326. The zero-order valence-electron chi connectivity index (χ0n) is 15.5. The van der Waals surface area contributed by atoms with Crippen molar-refractivity contribution in [3.05, 3.63) is 52.7 Å². The molecular formula is C19H20BrFN2O4. The van der Waals surface area contributed by atoms with Gasteiger partial charge in [0.1, 0.15) is 0 Å². The fourth-order valence-corrected chi connectivity index (χ4v) is 2.37. The summed E-state index contributed by atoms with van der Waals surface area (Å²) < 4.78 is 26.0. The molecule has 0 aliphatic rings. The van der Waals surface area contributed by atoms with Gasteiger partial charge in [0.25, 0.3) is 0 Å². The van der Waals surface area contributed by atoms with Gasteiger partial charge in [0, 0.05) is 11.6 Å². The lowest BCUT2D eigenvalue weighted by atomic mass is 10.2. The van der Waals surface area contributed by atoms with Crippen molar-refractivity contribution in [2.24, 2.45) is 0 Å². The second kappa shape index (κ2) is 11.8. The molecule has 0 aliphatic carbocycles. The molecule has 6 nitrogen and oxygen atoms in total. The summed E-state index contributed by atoms with van der Waals surface area (Å²) >= 11 is 3.33. The maximum atomic E-state index is 10.9. The lowest BCUT2D eigenvalue weighted by molar-refractivity contribution is 0.295. The Hall–Kier alpha value is -2.70. The first-order chi connectivity index (χ1) is 13.1. The van der Waals surface area contributed by atoms with E-state index in [9.17, 15) is 9.18 Å². The summed E-state index contributed by atoms with van der Waals surface area (Å²) in [4.78, 5) is 15.4. The monoisotopic (exact) mass is 438 g/mol. The van der Waals surface area contributed by atoms with E-state index in [2.05, 4.69) is 26.1 Å². The lowest BCUT2D eigenvalue weighted by Crippen LogP contribution is -1.91. The zero-order valence-corrected chi connectivity index (χ0v) is 17.0. The van der Waals surface area contributed by atoms with E-state index < -0.39 is 0 Å². The van der Waals surface area contributed by atoms with Crippen molar-refractivity contribution in [3.63, 3.8) is 0 Å². The molecule has 0 amide bonds. The van der Waals surface area contributed by atoms with E-state index in [0.717, 1.165) is 5.57 Å². The Morgan fingerprint density at radius 3 is 2.70 bits per heavy atom. The highest BCUT2D eigenvalue weighted by Gasteiger charge is 2.20. The molecule has 0 aromatic carbocycles. The summed E-state index contributed by atoms with van der Waals surface area (Å²) in [5.74, 6) is 2.46. The number of halogens is 2. The third-order valence-corrected chi connectivity index (χ3v) is 3.62. The van der Waals surface area contributed by atoms with Crippen molar-refractivity contribution < 1.29 is 22.9 Å². The number of hydrogen-bond acceptors (Lipinski definition) is 6. The highest BCUT2D eigenvalue weighted by molar-refractivity contribution is 9.10. The van der Waals surface area contributed by atoms with Gasteiger partial charge in [-0.3, -0.25) is 4.39 Å². The van der Waals surface area contributed by atoms with Gasteiger partial charge in [-0.25, -0.2) is 9.78 Å². The largest absolute Gasteiger partial charge is 0.482 e. The van der Waals surface area contributed by atoms with Crippen LogP contribution in [-0.2, 0) is 9.53 Å². The first kappa shape index (κ1) is 22.3. The van der Waals surface area contributed by atoms with E-state index in [1.165, 1.54) is 0 Å². The van der Waals surface area contributed by atoms with Gasteiger partial charge < -0.3 is 13.7 Å². The maximum Gasteiger partial charge on any atom is 0.233 e. The Labute approximate surface area is 165 Å². The number of nitrogens with zero attached hydrogens (tertiary/aromatic N) is 2. The zero-order chi connectivity index (χ0) is 20.2. The Bertz CT molecular complexity index is 874. The van der Waals surface area contributed by atoms with Crippen LogP contribution in [0, 0.1) is 0 Å². The average Bonchev–Trinajstić information content (AvgIpc) is 3.31. The summed E-state index contributed by atoms with van der Waals surface area (Å²) in [6, 6.07) is 1.55. The molecule has 0 fully saturated rings. The van der Waals surface area contributed by atoms with Crippen molar-refractivity contribution in [2.75, 3.05) is 13.8 Å². The number of hydrogen-bond donors (Lipinski definition) is 0. The lowest BCUT2D eigenvalue weighted by Gasteiger charge is -1.97. The number of aromatic nitrogens is 2. The van der Waals surface area contributed by atoms with Crippen LogP contribution in [0.2, 0.25) is 0 Å². The van der Waals surface area contributed by atoms with E-state index >= 15 is 0 Å². The van der Waals surface area contributed by atoms with Crippen molar-refractivity contribution in [2.45, 2.75) is 20.8 Å². The standard InChI is InChI=1S/C18H17BrN2O4.CH3F/c1-4-7-8-9-12(5-2)18-20-16(17(19)24-18)14-10-13(21-25-14)15(11-22)23-6-3;1-2/h4-5,7-10H,6H2,1-3H3;1H3/b7-4-,9-8-,12-5+;. The molecule has 0 saturated carbocycles. The fourth-order valence-electron chi connectivity index (χ4n) is 1.93. The van der Waals surface area contributed by atoms with Crippen LogP contribution in [0.15, 0.2) is 50.1 Å². The molecular weight excluding hydrogens is 419 g/mol. The molecule has 8 heteroatoms. The molecule has 0 aliphatic heterocycles. The molecule has 0 bridgehead atoms. The summed E-state index contributed by atoms with van der Waals surface area (Å²) in [5, 5.41) is 3.82. The van der Waals surface area contributed by atoms with Crippen LogP contribution in [0.5, 0.6) is 0 Å². The minimum absolute atomic E-state index is 0.0132. The van der Waals surface area contributed by atoms with Gasteiger partial charge in [-0.1, -0.05) is 29.5 Å². The molecule has 0 atom stereocenters. The Morgan fingerprint density at radius 1 is 1.37 bits per heavy atom. The summed E-state index contributed by atoms with van der Waals surface area (Å²) in [6.45, 7) is 5.92. The third-order valence-electron chi connectivity index (χ3n) is 3.08. The van der Waals surface area contributed by atoms with E-state index in [-0.39, 0.29) is 11.5 Å². The van der Waals surface area contributed by atoms with Gasteiger partial charge in [0.05, 0.1) is 13.8 Å². The molecule has 0 unspecified atom stereocenters. The topological polar surface area (TPSA) is 78.4 Å². The van der Waals surface area contributed by atoms with Gasteiger partial charge in [-0.15, -0.1) is 0 Å². The van der Waals surface area contributed by atoms with E-state index in [1.807, 2.05) is 44.2 Å². The SMILES string of the molecule is CF.C\C=C/C=C\C(=C/C)c1nc(-c2cc(C(=C=O)OCC)no2)c(Br)o1. The van der Waals surface area contributed by atoms with Gasteiger partial charge in [0.2, 0.25) is 16.3 Å². The number of rotatable bonds is 7. The summed E-state index contributed by atoms with van der Waals surface area (Å²) in [7, 11) is 0.500. The van der Waals surface area contributed by atoms with Gasteiger partial charge in [-0.05, 0) is 42.8 Å². The van der Waals surface area contributed by atoms with Crippen LogP contribution < -0.4 is 0 Å². The predicted octanol–water partition coefficient (Wildman–Crippen LogP) is 5.42. The van der Waals surface area contributed by atoms with Crippen LogP contribution in [0.3, 0.4) is 0 Å². The van der Waals surface area contributed by atoms with E-state index in [4.69, 9.17) is 13.7 Å². The number of carbonyl (C=O) groups excluding carboxylic acids is 1. The van der Waals surface area contributed by atoms with Crippen LogP contribution in [0.4, 0.5) is 4.39 Å². The highest BCUT2D eigenvalue weighted by atomic mass is 79.9. The highest BCUT2D eigenvalue weighted by Crippen LogP contribution is 2.32.